The zero-order valence-corrected chi connectivity index (χ0v) is 18.0. The van der Waals surface area contributed by atoms with Gasteiger partial charge in [-0.25, -0.2) is 9.97 Å². The van der Waals surface area contributed by atoms with Gasteiger partial charge in [-0.15, -0.1) is 11.3 Å². The van der Waals surface area contributed by atoms with Gasteiger partial charge in [0, 0.05) is 22.5 Å². The Labute approximate surface area is 173 Å². The number of fused-ring (bicyclic) bond motifs is 1. The largest absolute Gasteiger partial charge is 0.310 e. The Morgan fingerprint density at radius 2 is 1.96 bits per heavy atom. The maximum atomic E-state index is 13.2. The second kappa shape index (κ2) is 8.72. The molecule has 0 radical (unpaired) electrons. The number of thiophene rings is 1. The number of amides is 1. The fourth-order valence-corrected chi connectivity index (χ4v) is 5.23. The molecule has 0 aliphatic heterocycles. The number of para-hydroxylation sites is 1. The van der Waals surface area contributed by atoms with Crippen molar-refractivity contribution in [3.05, 3.63) is 46.6 Å². The number of rotatable bonds is 6. The van der Waals surface area contributed by atoms with E-state index in [4.69, 9.17) is 5.26 Å². The fraction of sp³-hybridized carbons (Fsp3) is 0.333. The van der Waals surface area contributed by atoms with E-state index in [0.29, 0.717) is 12.4 Å². The van der Waals surface area contributed by atoms with Crippen LogP contribution in [0.1, 0.15) is 29.6 Å². The van der Waals surface area contributed by atoms with E-state index in [9.17, 15) is 4.79 Å². The number of thioether (sulfide) groups is 1. The van der Waals surface area contributed by atoms with Crippen molar-refractivity contribution in [3.63, 3.8) is 0 Å². The van der Waals surface area contributed by atoms with Crippen molar-refractivity contribution in [1.29, 1.82) is 5.26 Å². The quantitative estimate of drug-likeness (QED) is 0.420. The molecule has 2 heterocycles. The standard InChI is InChI=1S/C21H22N4OS2/c1-13-14(2)27-19-18(13)20(24-16(4)23-19)28-15(3)21(26)25(12-8-11-22)17-9-6-5-7-10-17/h5-7,9-10,15H,8,12H2,1-4H3. The third-order valence-electron chi connectivity index (χ3n) is 4.52. The third-order valence-corrected chi connectivity index (χ3v) is 6.70. The van der Waals surface area contributed by atoms with E-state index in [1.165, 1.54) is 22.2 Å². The molecule has 5 nitrogen and oxygen atoms in total. The van der Waals surface area contributed by atoms with E-state index in [0.717, 1.165) is 20.9 Å². The van der Waals surface area contributed by atoms with Gasteiger partial charge >= 0.3 is 0 Å². The van der Waals surface area contributed by atoms with Gasteiger partial charge in [0.1, 0.15) is 15.7 Å². The van der Waals surface area contributed by atoms with E-state index < -0.39 is 0 Å². The molecule has 7 heteroatoms. The van der Waals surface area contributed by atoms with Gasteiger partial charge in [0.2, 0.25) is 5.91 Å². The van der Waals surface area contributed by atoms with Gasteiger partial charge in [-0.2, -0.15) is 5.26 Å². The Kier molecular flexibility index (Phi) is 6.32. The first-order valence-electron chi connectivity index (χ1n) is 9.06. The number of aryl methyl sites for hydroxylation is 3. The van der Waals surface area contributed by atoms with E-state index in [1.54, 1.807) is 16.2 Å². The SMILES string of the molecule is Cc1nc(SC(C)C(=O)N(CCC#N)c2ccccc2)c2c(C)c(C)sc2n1. The highest BCUT2D eigenvalue weighted by molar-refractivity contribution is 8.00. The maximum absolute atomic E-state index is 13.2. The topological polar surface area (TPSA) is 69.9 Å². The van der Waals surface area contributed by atoms with Crippen LogP contribution in [0.4, 0.5) is 5.69 Å². The van der Waals surface area contributed by atoms with Gasteiger partial charge in [0.05, 0.1) is 17.7 Å². The molecule has 3 rings (SSSR count). The lowest BCUT2D eigenvalue weighted by atomic mass is 10.2. The number of hydrogen-bond donors (Lipinski definition) is 0. The molecule has 144 valence electrons. The van der Waals surface area contributed by atoms with Crippen molar-refractivity contribution in [2.75, 3.05) is 11.4 Å². The fourth-order valence-electron chi connectivity index (χ4n) is 2.97. The lowest BCUT2D eigenvalue weighted by Crippen LogP contribution is -2.37. The van der Waals surface area contributed by atoms with E-state index in [2.05, 4.69) is 29.9 Å². The van der Waals surface area contributed by atoms with Crippen LogP contribution in [0, 0.1) is 32.1 Å². The summed E-state index contributed by atoms with van der Waals surface area (Å²) in [5.74, 6) is 0.681. The van der Waals surface area contributed by atoms with Crippen LogP contribution in [0.3, 0.4) is 0 Å². The molecule has 1 aromatic carbocycles. The predicted molar refractivity (Wildman–Crippen MR) is 116 cm³/mol. The Bertz CT molecular complexity index is 1040. The lowest BCUT2D eigenvalue weighted by Gasteiger charge is -2.25. The number of benzene rings is 1. The molecular weight excluding hydrogens is 388 g/mol. The van der Waals surface area contributed by atoms with Gasteiger partial charge in [-0.3, -0.25) is 4.79 Å². The summed E-state index contributed by atoms with van der Waals surface area (Å²) in [5.41, 5.74) is 1.98. The van der Waals surface area contributed by atoms with Crippen LogP contribution in [0.25, 0.3) is 10.2 Å². The molecule has 0 saturated heterocycles. The maximum Gasteiger partial charge on any atom is 0.240 e. The normalized spacial score (nSPS) is 12.0. The Hall–Kier alpha value is -2.43. The number of aromatic nitrogens is 2. The summed E-state index contributed by atoms with van der Waals surface area (Å²) in [6.45, 7) is 8.31. The molecule has 3 aromatic rings. The minimum atomic E-state index is -0.337. The van der Waals surface area contributed by atoms with E-state index >= 15 is 0 Å². The average Bonchev–Trinajstić information content (AvgIpc) is 2.96. The second-order valence-electron chi connectivity index (χ2n) is 6.53. The van der Waals surface area contributed by atoms with E-state index in [1.807, 2.05) is 44.2 Å². The number of anilines is 1. The summed E-state index contributed by atoms with van der Waals surface area (Å²) < 4.78 is 0. The summed E-state index contributed by atoms with van der Waals surface area (Å²) in [7, 11) is 0. The lowest BCUT2D eigenvalue weighted by molar-refractivity contribution is -0.117. The number of nitrogens with zero attached hydrogens (tertiary/aromatic N) is 4. The number of nitriles is 1. The number of hydrogen-bond acceptors (Lipinski definition) is 6. The summed E-state index contributed by atoms with van der Waals surface area (Å²) in [5, 5.41) is 10.5. The van der Waals surface area contributed by atoms with Crippen molar-refractivity contribution in [2.24, 2.45) is 0 Å². The minimum Gasteiger partial charge on any atom is -0.310 e. The summed E-state index contributed by atoms with van der Waals surface area (Å²) >= 11 is 3.12. The first-order valence-corrected chi connectivity index (χ1v) is 10.8. The molecular formula is C21H22N4OS2. The molecule has 1 amide bonds. The molecule has 0 saturated carbocycles. The molecule has 28 heavy (non-hydrogen) atoms. The highest BCUT2D eigenvalue weighted by Gasteiger charge is 2.25. The van der Waals surface area contributed by atoms with Crippen molar-refractivity contribution >= 4 is 44.9 Å². The molecule has 0 aliphatic carbocycles. The predicted octanol–water partition coefficient (Wildman–Crippen LogP) is 5.04. The van der Waals surface area contributed by atoms with Crippen LogP contribution in [0.5, 0.6) is 0 Å². The summed E-state index contributed by atoms with van der Waals surface area (Å²) in [4.78, 5) is 26.3. The molecule has 0 spiro atoms. The molecule has 0 N–H and O–H groups in total. The zero-order valence-electron chi connectivity index (χ0n) is 16.4. The van der Waals surface area contributed by atoms with Crippen molar-refractivity contribution in [1.82, 2.24) is 9.97 Å². The minimum absolute atomic E-state index is 0.0273. The molecule has 1 unspecified atom stereocenters. The van der Waals surface area contributed by atoms with Crippen LogP contribution < -0.4 is 4.90 Å². The van der Waals surface area contributed by atoms with Crippen molar-refractivity contribution in [3.8, 4) is 6.07 Å². The molecule has 2 aromatic heterocycles. The van der Waals surface area contributed by atoms with Gasteiger partial charge < -0.3 is 4.90 Å². The van der Waals surface area contributed by atoms with Crippen LogP contribution >= 0.6 is 23.1 Å². The monoisotopic (exact) mass is 410 g/mol. The van der Waals surface area contributed by atoms with Crippen LogP contribution in [-0.2, 0) is 4.79 Å². The second-order valence-corrected chi connectivity index (χ2v) is 9.07. The first kappa shape index (κ1) is 20.3. The highest BCUT2D eigenvalue weighted by Crippen LogP contribution is 2.37. The third kappa shape index (κ3) is 4.18. The molecule has 1 atom stereocenters. The number of carbonyl (C=O) groups excluding carboxylic acids is 1. The van der Waals surface area contributed by atoms with Crippen LogP contribution in [-0.4, -0.2) is 27.7 Å². The molecule has 0 fully saturated rings. The number of carbonyl (C=O) groups is 1. The van der Waals surface area contributed by atoms with Crippen LogP contribution in [0.2, 0.25) is 0 Å². The van der Waals surface area contributed by atoms with Gasteiger partial charge in [0.25, 0.3) is 0 Å². The molecule has 0 bridgehead atoms. The van der Waals surface area contributed by atoms with Crippen molar-refractivity contribution in [2.45, 2.75) is 44.4 Å². The smallest absolute Gasteiger partial charge is 0.240 e. The van der Waals surface area contributed by atoms with Gasteiger partial charge in [-0.1, -0.05) is 30.0 Å². The Morgan fingerprint density at radius 3 is 2.64 bits per heavy atom. The summed E-state index contributed by atoms with van der Waals surface area (Å²) in [6.07, 6.45) is 0.289. The zero-order chi connectivity index (χ0) is 20.3. The average molecular weight is 411 g/mol. The molecule has 0 aliphatic rings. The van der Waals surface area contributed by atoms with Gasteiger partial charge in [0.15, 0.2) is 0 Å². The van der Waals surface area contributed by atoms with Crippen LogP contribution in [0.15, 0.2) is 35.4 Å². The Balaban J connectivity index is 1.91. The summed E-state index contributed by atoms with van der Waals surface area (Å²) in [6, 6.07) is 11.6. The van der Waals surface area contributed by atoms with Crippen molar-refractivity contribution < 1.29 is 4.79 Å². The highest BCUT2D eigenvalue weighted by atomic mass is 32.2. The van der Waals surface area contributed by atoms with E-state index in [-0.39, 0.29) is 17.6 Å². The first-order chi connectivity index (χ1) is 13.4. The Morgan fingerprint density at radius 1 is 1.25 bits per heavy atom. The van der Waals surface area contributed by atoms with Gasteiger partial charge in [-0.05, 0) is 45.4 Å².